The molecule has 0 saturated carbocycles. The van der Waals surface area contributed by atoms with Crippen LogP contribution in [0.15, 0.2) is 0 Å². The predicted octanol–water partition coefficient (Wildman–Crippen LogP) is -0.391. The number of hydrogen-bond donors (Lipinski definition) is 2. The van der Waals surface area contributed by atoms with Crippen LogP contribution in [0, 0.1) is 0 Å². The van der Waals surface area contributed by atoms with Gasteiger partial charge in [0.1, 0.15) is 0 Å². The third-order valence-corrected chi connectivity index (χ3v) is 4.21. The topological polar surface area (TPSA) is 84.5 Å². The van der Waals surface area contributed by atoms with Gasteiger partial charge < -0.3 is 10.1 Å². The Labute approximate surface area is 102 Å². The second-order valence-electron chi connectivity index (χ2n) is 4.34. The minimum Gasteiger partial charge on any atom is -0.469 e. The van der Waals surface area contributed by atoms with Crippen LogP contribution in [0.1, 0.15) is 26.2 Å². The molecule has 1 aliphatic heterocycles. The molecule has 0 radical (unpaired) electrons. The third-order valence-electron chi connectivity index (χ3n) is 2.77. The zero-order valence-electron chi connectivity index (χ0n) is 10.2. The number of sulfonamides is 1. The standard InChI is InChI=1S/C10H20N2O4S/c1-8-7-9(3-5-11-8)12-17(14,15)6-4-10(13)16-2/h8-9,11-12H,3-7H2,1-2H3. The van der Waals surface area contributed by atoms with Gasteiger partial charge >= 0.3 is 5.97 Å². The molecule has 0 aromatic carbocycles. The summed E-state index contributed by atoms with van der Waals surface area (Å²) in [7, 11) is -2.14. The van der Waals surface area contributed by atoms with Crippen molar-refractivity contribution in [1.29, 1.82) is 0 Å². The normalized spacial score (nSPS) is 25.5. The maximum atomic E-state index is 11.7. The highest BCUT2D eigenvalue weighted by Crippen LogP contribution is 2.09. The first-order valence-corrected chi connectivity index (χ1v) is 7.38. The minimum absolute atomic E-state index is 0.0334. The number of piperidine rings is 1. The van der Waals surface area contributed by atoms with Crippen molar-refractivity contribution in [2.75, 3.05) is 19.4 Å². The van der Waals surface area contributed by atoms with Crippen LogP contribution >= 0.6 is 0 Å². The van der Waals surface area contributed by atoms with E-state index in [1.165, 1.54) is 7.11 Å². The molecule has 2 atom stereocenters. The second kappa shape index (κ2) is 6.32. The summed E-state index contributed by atoms with van der Waals surface area (Å²) in [6, 6.07) is 0.283. The summed E-state index contributed by atoms with van der Waals surface area (Å²) in [6.07, 6.45) is 1.45. The van der Waals surface area contributed by atoms with Crippen molar-refractivity contribution in [2.45, 2.75) is 38.3 Å². The van der Waals surface area contributed by atoms with E-state index in [0.717, 1.165) is 19.4 Å². The minimum atomic E-state index is -3.39. The van der Waals surface area contributed by atoms with Gasteiger partial charge in [0.05, 0.1) is 19.3 Å². The lowest BCUT2D eigenvalue weighted by Gasteiger charge is -2.28. The van der Waals surface area contributed by atoms with Crippen molar-refractivity contribution in [3.8, 4) is 0 Å². The van der Waals surface area contributed by atoms with Crippen molar-refractivity contribution >= 4 is 16.0 Å². The number of esters is 1. The summed E-state index contributed by atoms with van der Waals surface area (Å²) in [5, 5.41) is 3.25. The summed E-state index contributed by atoms with van der Waals surface area (Å²) < 4.78 is 30.4. The van der Waals surface area contributed by atoms with Crippen LogP contribution in [-0.2, 0) is 19.6 Å². The van der Waals surface area contributed by atoms with E-state index in [0.29, 0.717) is 6.04 Å². The zero-order chi connectivity index (χ0) is 12.9. The molecule has 2 unspecified atom stereocenters. The molecule has 2 N–H and O–H groups in total. The molecule has 1 heterocycles. The lowest BCUT2D eigenvalue weighted by atomic mass is 10.0. The molecule has 0 aromatic heterocycles. The number of carbonyl (C=O) groups excluding carboxylic acids is 1. The van der Waals surface area contributed by atoms with E-state index in [-0.39, 0.29) is 18.2 Å². The van der Waals surface area contributed by atoms with Crippen molar-refractivity contribution in [1.82, 2.24) is 10.0 Å². The molecule has 0 aliphatic carbocycles. The molecule has 0 bridgehead atoms. The van der Waals surface area contributed by atoms with Crippen LogP contribution < -0.4 is 10.0 Å². The van der Waals surface area contributed by atoms with Crippen molar-refractivity contribution in [2.24, 2.45) is 0 Å². The molecule has 0 amide bonds. The Morgan fingerprint density at radius 1 is 1.53 bits per heavy atom. The van der Waals surface area contributed by atoms with Crippen LogP contribution in [-0.4, -0.2) is 45.9 Å². The molecule has 1 rings (SSSR count). The molecule has 6 nitrogen and oxygen atoms in total. The van der Waals surface area contributed by atoms with Crippen LogP contribution in [0.2, 0.25) is 0 Å². The van der Waals surface area contributed by atoms with Gasteiger partial charge in [-0.3, -0.25) is 4.79 Å². The van der Waals surface area contributed by atoms with E-state index < -0.39 is 16.0 Å². The first-order valence-electron chi connectivity index (χ1n) is 5.73. The maximum absolute atomic E-state index is 11.7. The van der Waals surface area contributed by atoms with Crippen LogP contribution in [0.4, 0.5) is 0 Å². The fourth-order valence-electron chi connectivity index (χ4n) is 1.87. The Kier molecular flexibility index (Phi) is 5.35. The van der Waals surface area contributed by atoms with Crippen LogP contribution in [0.25, 0.3) is 0 Å². The molecule has 17 heavy (non-hydrogen) atoms. The van der Waals surface area contributed by atoms with Gasteiger partial charge in [-0.2, -0.15) is 0 Å². The summed E-state index contributed by atoms with van der Waals surface area (Å²) in [5.41, 5.74) is 0. The molecule has 100 valence electrons. The number of nitrogens with one attached hydrogen (secondary N) is 2. The molecule has 0 aromatic rings. The average Bonchev–Trinajstić information content (AvgIpc) is 2.25. The monoisotopic (exact) mass is 264 g/mol. The maximum Gasteiger partial charge on any atom is 0.306 e. The van der Waals surface area contributed by atoms with Gasteiger partial charge in [0.25, 0.3) is 0 Å². The predicted molar refractivity (Wildman–Crippen MR) is 64.0 cm³/mol. The number of methoxy groups -OCH3 is 1. The first kappa shape index (κ1) is 14.4. The highest BCUT2D eigenvalue weighted by atomic mass is 32.2. The van der Waals surface area contributed by atoms with Gasteiger partial charge in [-0.05, 0) is 26.3 Å². The molecular formula is C10H20N2O4S. The largest absolute Gasteiger partial charge is 0.469 e. The summed E-state index contributed by atoms with van der Waals surface area (Å²) in [4.78, 5) is 10.9. The Balaban J connectivity index is 2.40. The van der Waals surface area contributed by atoms with Gasteiger partial charge in [0.15, 0.2) is 0 Å². The zero-order valence-corrected chi connectivity index (χ0v) is 11.0. The summed E-state index contributed by atoms with van der Waals surface area (Å²) in [6.45, 7) is 2.83. The van der Waals surface area contributed by atoms with Crippen molar-refractivity contribution < 1.29 is 17.9 Å². The number of carbonyl (C=O) groups is 1. The van der Waals surface area contributed by atoms with Gasteiger partial charge in [-0.15, -0.1) is 0 Å². The Bertz CT molecular complexity index is 355. The number of hydrogen-bond acceptors (Lipinski definition) is 5. The van der Waals surface area contributed by atoms with Crippen molar-refractivity contribution in [3.05, 3.63) is 0 Å². The Morgan fingerprint density at radius 3 is 2.82 bits per heavy atom. The number of ether oxygens (including phenoxy) is 1. The smallest absolute Gasteiger partial charge is 0.306 e. The van der Waals surface area contributed by atoms with Gasteiger partial charge in [0, 0.05) is 12.1 Å². The second-order valence-corrected chi connectivity index (χ2v) is 6.21. The molecule has 1 saturated heterocycles. The lowest BCUT2D eigenvalue weighted by molar-refractivity contribution is -0.140. The highest BCUT2D eigenvalue weighted by molar-refractivity contribution is 7.89. The number of rotatable bonds is 5. The molecule has 1 fully saturated rings. The first-order chi connectivity index (χ1) is 7.93. The van der Waals surface area contributed by atoms with Gasteiger partial charge in [-0.25, -0.2) is 13.1 Å². The molecule has 0 spiro atoms. The van der Waals surface area contributed by atoms with Crippen LogP contribution in [0.5, 0.6) is 0 Å². The Morgan fingerprint density at radius 2 is 2.24 bits per heavy atom. The van der Waals surface area contributed by atoms with E-state index in [2.05, 4.69) is 14.8 Å². The third kappa shape index (κ3) is 5.47. The van der Waals surface area contributed by atoms with E-state index in [9.17, 15) is 13.2 Å². The van der Waals surface area contributed by atoms with Gasteiger partial charge in [0.2, 0.25) is 10.0 Å². The Hall–Kier alpha value is -0.660. The SMILES string of the molecule is COC(=O)CCS(=O)(=O)NC1CCNC(C)C1. The van der Waals surface area contributed by atoms with E-state index >= 15 is 0 Å². The highest BCUT2D eigenvalue weighted by Gasteiger charge is 2.23. The molecular weight excluding hydrogens is 244 g/mol. The fraction of sp³-hybridized carbons (Fsp3) is 0.900. The average molecular weight is 264 g/mol. The van der Waals surface area contributed by atoms with E-state index in [1.54, 1.807) is 0 Å². The summed E-state index contributed by atoms with van der Waals surface area (Å²) >= 11 is 0. The van der Waals surface area contributed by atoms with Crippen LogP contribution in [0.3, 0.4) is 0 Å². The quantitative estimate of drug-likeness (QED) is 0.661. The molecule has 7 heteroatoms. The van der Waals surface area contributed by atoms with E-state index in [4.69, 9.17) is 0 Å². The van der Waals surface area contributed by atoms with Gasteiger partial charge in [-0.1, -0.05) is 0 Å². The van der Waals surface area contributed by atoms with E-state index in [1.807, 2.05) is 6.92 Å². The fourth-order valence-corrected chi connectivity index (χ4v) is 3.15. The molecule has 1 aliphatic rings. The van der Waals surface area contributed by atoms with Crippen molar-refractivity contribution in [3.63, 3.8) is 0 Å². The lowest BCUT2D eigenvalue weighted by Crippen LogP contribution is -2.47. The summed E-state index contributed by atoms with van der Waals surface area (Å²) in [5.74, 6) is -0.716.